The highest BCUT2D eigenvalue weighted by Gasteiger charge is 2.05. The van der Waals surface area contributed by atoms with E-state index in [9.17, 15) is 9.59 Å². The average Bonchev–Trinajstić information content (AvgIpc) is 2.18. The molecule has 3 nitrogen and oxygen atoms in total. The highest BCUT2D eigenvalue weighted by atomic mass is 16.1. The van der Waals surface area contributed by atoms with Crippen molar-refractivity contribution in [2.45, 2.75) is 13.8 Å². The van der Waals surface area contributed by atoms with E-state index in [0.717, 1.165) is 5.56 Å². The van der Waals surface area contributed by atoms with Gasteiger partial charge in [0.2, 0.25) is 0 Å². The summed E-state index contributed by atoms with van der Waals surface area (Å²) in [6.45, 7) is 3.36. The van der Waals surface area contributed by atoms with E-state index >= 15 is 0 Å². The van der Waals surface area contributed by atoms with Crippen molar-refractivity contribution in [1.29, 1.82) is 0 Å². The van der Waals surface area contributed by atoms with Crippen LogP contribution in [0.3, 0.4) is 0 Å². The minimum absolute atomic E-state index is 0.113. The van der Waals surface area contributed by atoms with Gasteiger partial charge in [-0.15, -0.1) is 0 Å². The zero-order chi connectivity index (χ0) is 11.0. The van der Waals surface area contributed by atoms with Crippen LogP contribution in [0.4, 0.5) is 0 Å². The Morgan fingerprint density at radius 2 is 2.00 bits per heavy atom. The second kappa shape index (κ2) is 3.35. The van der Waals surface area contributed by atoms with Crippen LogP contribution in [0, 0.1) is 6.92 Å². The first-order chi connectivity index (χ1) is 7.08. The Morgan fingerprint density at radius 1 is 1.27 bits per heavy atom. The second-order valence-corrected chi connectivity index (χ2v) is 3.65. The number of carbonyl (C=O) groups excluding carboxylic acids is 1. The van der Waals surface area contributed by atoms with Crippen LogP contribution >= 0.6 is 0 Å². The number of aromatic nitrogens is 1. The van der Waals surface area contributed by atoms with Gasteiger partial charge in [0.1, 0.15) is 0 Å². The van der Waals surface area contributed by atoms with E-state index in [1.165, 1.54) is 13.0 Å². The molecular weight excluding hydrogens is 190 g/mol. The number of aryl methyl sites for hydroxylation is 1. The highest BCUT2D eigenvalue weighted by Crippen LogP contribution is 2.10. The lowest BCUT2D eigenvalue weighted by Gasteiger charge is -2.01. The Hall–Kier alpha value is -1.90. The Morgan fingerprint density at radius 3 is 2.67 bits per heavy atom. The number of carbonyl (C=O) groups is 1. The van der Waals surface area contributed by atoms with Crippen molar-refractivity contribution in [1.82, 2.24) is 4.98 Å². The molecule has 0 aliphatic carbocycles. The predicted molar refractivity (Wildman–Crippen MR) is 59.3 cm³/mol. The molecule has 2 aromatic rings. The molecule has 2 rings (SSSR count). The fraction of sp³-hybridized carbons (Fsp3) is 0.167. The molecule has 0 aliphatic rings. The van der Waals surface area contributed by atoms with Gasteiger partial charge < -0.3 is 4.98 Å². The third-order valence-electron chi connectivity index (χ3n) is 2.36. The van der Waals surface area contributed by atoms with Crippen LogP contribution in [0.1, 0.15) is 23.0 Å². The molecule has 1 N–H and O–H groups in total. The minimum atomic E-state index is -0.130. The van der Waals surface area contributed by atoms with Crippen LogP contribution < -0.4 is 5.43 Å². The van der Waals surface area contributed by atoms with Gasteiger partial charge in [0, 0.05) is 23.9 Å². The SMILES string of the molecule is CC(=O)c1cc(=O)c2cc(C)ccc2[nH]1. The van der Waals surface area contributed by atoms with Crippen molar-refractivity contribution in [3.05, 3.63) is 45.7 Å². The molecule has 1 aromatic carbocycles. The van der Waals surface area contributed by atoms with Gasteiger partial charge in [-0.25, -0.2) is 0 Å². The minimum Gasteiger partial charge on any atom is -0.352 e. The molecule has 0 aliphatic heterocycles. The van der Waals surface area contributed by atoms with Gasteiger partial charge >= 0.3 is 0 Å². The number of fused-ring (bicyclic) bond motifs is 1. The second-order valence-electron chi connectivity index (χ2n) is 3.65. The van der Waals surface area contributed by atoms with E-state index < -0.39 is 0 Å². The summed E-state index contributed by atoms with van der Waals surface area (Å²) >= 11 is 0. The van der Waals surface area contributed by atoms with Crippen LogP contribution in [0.25, 0.3) is 10.9 Å². The smallest absolute Gasteiger partial charge is 0.190 e. The zero-order valence-electron chi connectivity index (χ0n) is 8.63. The van der Waals surface area contributed by atoms with E-state index in [1.807, 2.05) is 25.1 Å². The monoisotopic (exact) mass is 201 g/mol. The number of Topliss-reactive ketones (excluding diaryl/α,β-unsaturated/α-hetero) is 1. The number of ketones is 1. The van der Waals surface area contributed by atoms with E-state index in [2.05, 4.69) is 4.98 Å². The number of rotatable bonds is 1. The van der Waals surface area contributed by atoms with Crippen LogP contribution in [-0.4, -0.2) is 10.8 Å². The Balaban J connectivity index is 2.84. The van der Waals surface area contributed by atoms with Crippen molar-refractivity contribution in [2.24, 2.45) is 0 Å². The van der Waals surface area contributed by atoms with E-state index in [4.69, 9.17) is 0 Å². The summed E-state index contributed by atoms with van der Waals surface area (Å²) in [6.07, 6.45) is 0. The summed E-state index contributed by atoms with van der Waals surface area (Å²) in [5.74, 6) is -0.130. The van der Waals surface area contributed by atoms with Crippen LogP contribution in [-0.2, 0) is 0 Å². The van der Waals surface area contributed by atoms with Crippen molar-refractivity contribution in [3.8, 4) is 0 Å². The van der Waals surface area contributed by atoms with Crippen LogP contribution in [0.2, 0.25) is 0 Å². The Bertz CT molecular complexity index is 596. The fourth-order valence-corrected chi connectivity index (χ4v) is 1.55. The molecule has 76 valence electrons. The lowest BCUT2D eigenvalue weighted by atomic mass is 10.1. The number of hydrogen-bond acceptors (Lipinski definition) is 2. The molecule has 0 fully saturated rings. The van der Waals surface area contributed by atoms with Crippen molar-refractivity contribution < 1.29 is 4.79 Å². The molecule has 1 heterocycles. The quantitative estimate of drug-likeness (QED) is 0.718. The summed E-state index contributed by atoms with van der Waals surface area (Å²) in [7, 11) is 0. The first-order valence-corrected chi connectivity index (χ1v) is 4.72. The van der Waals surface area contributed by atoms with Gasteiger partial charge in [0.25, 0.3) is 0 Å². The maximum absolute atomic E-state index is 11.7. The normalized spacial score (nSPS) is 10.5. The van der Waals surface area contributed by atoms with Gasteiger partial charge in [-0.1, -0.05) is 11.6 Å². The number of nitrogens with one attached hydrogen (secondary N) is 1. The number of pyridine rings is 1. The van der Waals surface area contributed by atoms with Gasteiger partial charge in [-0.2, -0.15) is 0 Å². The number of aromatic amines is 1. The van der Waals surface area contributed by atoms with Crippen LogP contribution in [0.5, 0.6) is 0 Å². The van der Waals surface area contributed by atoms with E-state index in [1.54, 1.807) is 0 Å². The highest BCUT2D eigenvalue weighted by molar-refractivity contribution is 5.94. The molecular formula is C12H11NO2. The fourth-order valence-electron chi connectivity index (χ4n) is 1.55. The summed E-state index contributed by atoms with van der Waals surface area (Å²) in [4.78, 5) is 25.8. The molecule has 0 bridgehead atoms. The Kier molecular flexibility index (Phi) is 2.15. The topological polar surface area (TPSA) is 49.9 Å². The largest absolute Gasteiger partial charge is 0.352 e. The third-order valence-corrected chi connectivity index (χ3v) is 2.36. The van der Waals surface area contributed by atoms with E-state index in [0.29, 0.717) is 16.6 Å². The molecule has 1 aromatic heterocycles. The van der Waals surface area contributed by atoms with Crippen molar-refractivity contribution in [3.63, 3.8) is 0 Å². The maximum atomic E-state index is 11.7. The van der Waals surface area contributed by atoms with Crippen LogP contribution in [0.15, 0.2) is 29.1 Å². The maximum Gasteiger partial charge on any atom is 0.190 e. The summed E-state index contributed by atoms with van der Waals surface area (Å²) < 4.78 is 0. The summed E-state index contributed by atoms with van der Waals surface area (Å²) in [6, 6.07) is 6.89. The first kappa shape index (κ1) is 9.65. The third kappa shape index (κ3) is 1.68. The first-order valence-electron chi connectivity index (χ1n) is 4.72. The molecule has 0 atom stereocenters. The molecule has 0 unspecified atom stereocenters. The van der Waals surface area contributed by atoms with Gasteiger partial charge in [-0.3, -0.25) is 9.59 Å². The molecule has 0 radical (unpaired) electrons. The molecule has 0 saturated heterocycles. The zero-order valence-corrected chi connectivity index (χ0v) is 8.63. The number of H-pyrrole nitrogens is 1. The Labute approximate surface area is 86.8 Å². The van der Waals surface area contributed by atoms with Gasteiger partial charge in [0.15, 0.2) is 11.2 Å². The predicted octanol–water partition coefficient (Wildman–Crippen LogP) is 2.04. The van der Waals surface area contributed by atoms with Gasteiger partial charge in [-0.05, 0) is 19.1 Å². The molecule has 0 saturated carbocycles. The number of benzene rings is 1. The summed E-state index contributed by atoms with van der Waals surface area (Å²) in [5, 5.41) is 0.625. The standard InChI is InChI=1S/C12H11NO2/c1-7-3-4-10-9(5-7)12(15)6-11(13-10)8(2)14/h3-6H,1-2H3,(H,13,15). The molecule has 0 amide bonds. The molecule has 15 heavy (non-hydrogen) atoms. The molecule has 0 spiro atoms. The lowest BCUT2D eigenvalue weighted by Crippen LogP contribution is -2.08. The van der Waals surface area contributed by atoms with Gasteiger partial charge in [0.05, 0.1) is 5.69 Å². The lowest BCUT2D eigenvalue weighted by molar-refractivity contribution is 0.101. The van der Waals surface area contributed by atoms with E-state index in [-0.39, 0.29) is 11.2 Å². The number of hydrogen-bond donors (Lipinski definition) is 1. The van der Waals surface area contributed by atoms with Crippen molar-refractivity contribution >= 4 is 16.7 Å². The average molecular weight is 201 g/mol. The summed E-state index contributed by atoms with van der Waals surface area (Å²) in [5.41, 5.74) is 1.98. The van der Waals surface area contributed by atoms with Crippen molar-refractivity contribution in [2.75, 3.05) is 0 Å². The molecule has 3 heteroatoms.